The van der Waals surface area contributed by atoms with Crippen molar-refractivity contribution in [2.45, 2.75) is 13.5 Å². The Balaban J connectivity index is 1.69. The second kappa shape index (κ2) is 5.77. The molecule has 0 bridgehead atoms. The lowest BCUT2D eigenvalue weighted by Gasteiger charge is -2.40. The third-order valence-electron chi connectivity index (χ3n) is 3.80. The number of fused-ring (bicyclic) bond motifs is 1. The predicted molar refractivity (Wildman–Crippen MR) is 80.8 cm³/mol. The van der Waals surface area contributed by atoms with Gasteiger partial charge in [0.25, 0.3) is 0 Å². The van der Waals surface area contributed by atoms with Gasteiger partial charge in [-0.15, -0.1) is 0 Å². The van der Waals surface area contributed by atoms with Crippen LogP contribution in [-0.4, -0.2) is 33.3 Å². The van der Waals surface area contributed by atoms with Crippen molar-refractivity contribution >= 4 is 6.21 Å². The molecule has 0 saturated carbocycles. The minimum Gasteiger partial charge on any atom is -0.454 e. The van der Waals surface area contributed by atoms with E-state index >= 15 is 0 Å². The van der Waals surface area contributed by atoms with Gasteiger partial charge in [-0.25, -0.2) is 0 Å². The van der Waals surface area contributed by atoms with Gasteiger partial charge in [0.05, 0.1) is 18.6 Å². The molecule has 0 aromatic heterocycles. The SMILES string of the molecule is CN=C/C=C(\NCc1ccc2c(c1)OCO2)C1(C)COC1. The predicted octanol–water partition coefficient (Wildman–Crippen LogP) is 2.13. The fraction of sp³-hybridized carbons (Fsp3) is 0.438. The normalized spacial score (nSPS) is 19.6. The number of ether oxygens (including phenoxy) is 3. The molecular weight excluding hydrogens is 268 g/mol. The third kappa shape index (κ3) is 2.88. The van der Waals surface area contributed by atoms with Crippen LogP contribution in [0, 0.1) is 5.41 Å². The summed E-state index contributed by atoms with van der Waals surface area (Å²) in [6.07, 6.45) is 3.83. The lowest BCUT2D eigenvalue weighted by molar-refractivity contribution is -0.0811. The average molecular weight is 288 g/mol. The molecule has 1 saturated heterocycles. The average Bonchev–Trinajstić information content (AvgIpc) is 2.92. The van der Waals surface area contributed by atoms with Gasteiger partial charge in [0.2, 0.25) is 6.79 Å². The summed E-state index contributed by atoms with van der Waals surface area (Å²) < 4.78 is 16.1. The van der Waals surface area contributed by atoms with Crippen LogP contribution in [-0.2, 0) is 11.3 Å². The van der Waals surface area contributed by atoms with Crippen molar-refractivity contribution in [3.63, 3.8) is 0 Å². The van der Waals surface area contributed by atoms with Gasteiger partial charge in [-0.2, -0.15) is 0 Å². The molecule has 0 radical (unpaired) electrons. The molecule has 112 valence electrons. The van der Waals surface area contributed by atoms with Gasteiger partial charge in [0.15, 0.2) is 11.5 Å². The summed E-state index contributed by atoms with van der Waals surface area (Å²) in [5, 5.41) is 3.50. The molecule has 0 unspecified atom stereocenters. The molecule has 1 aromatic carbocycles. The van der Waals surface area contributed by atoms with Crippen molar-refractivity contribution in [1.29, 1.82) is 0 Å². The molecule has 21 heavy (non-hydrogen) atoms. The number of benzene rings is 1. The van der Waals surface area contributed by atoms with Crippen molar-refractivity contribution in [3.05, 3.63) is 35.5 Å². The standard InChI is InChI=1S/C16H20N2O3/c1-16(9-19-10-16)15(5-6-17-2)18-8-12-3-4-13-14(7-12)21-11-20-13/h3-7,18H,8-11H2,1-2H3/b15-5-,17-6?. The third-order valence-corrected chi connectivity index (χ3v) is 3.80. The van der Waals surface area contributed by atoms with Crippen LogP contribution < -0.4 is 14.8 Å². The Bertz CT molecular complexity index is 577. The van der Waals surface area contributed by atoms with E-state index in [2.05, 4.69) is 17.2 Å². The zero-order valence-corrected chi connectivity index (χ0v) is 12.4. The van der Waals surface area contributed by atoms with E-state index in [1.807, 2.05) is 30.5 Å². The highest BCUT2D eigenvalue weighted by molar-refractivity contribution is 5.72. The summed E-state index contributed by atoms with van der Waals surface area (Å²) in [4.78, 5) is 4.03. The molecule has 3 rings (SSSR count). The van der Waals surface area contributed by atoms with E-state index in [-0.39, 0.29) is 5.41 Å². The maximum atomic E-state index is 5.40. The monoisotopic (exact) mass is 288 g/mol. The molecule has 0 amide bonds. The fourth-order valence-corrected chi connectivity index (χ4v) is 2.43. The Morgan fingerprint density at radius 2 is 2.14 bits per heavy atom. The molecule has 1 aromatic rings. The molecule has 1 N–H and O–H groups in total. The van der Waals surface area contributed by atoms with E-state index in [9.17, 15) is 0 Å². The molecule has 2 aliphatic heterocycles. The van der Waals surface area contributed by atoms with Gasteiger partial charge in [-0.05, 0) is 30.7 Å². The smallest absolute Gasteiger partial charge is 0.231 e. The van der Waals surface area contributed by atoms with Crippen LogP contribution in [0.4, 0.5) is 0 Å². The molecule has 1 fully saturated rings. The molecule has 2 heterocycles. The number of allylic oxidation sites excluding steroid dienone is 1. The quantitative estimate of drug-likeness (QED) is 0.843. The molecule has 0 aliphatic carbocycles. The largest absolute Gasteiger partial charge is 0.454 e. The first-order valence-electron chi connectivity index (χ1n) is 7.04. The second-order valence-corrected chi connectivity index (χ2v) is 5.58. The van der Waals surface area contributed by atoms with Gasteiger partial charge in [-0.1, -0.05) is 6.07 Å². The van der Waals surface area contributed by atoms with E-state index in [1.165, 1.54) is 0 Å². The summed E-state index contributed by atoms with van der Waals surface area (Å²) >= 11 is 0. The maximum absolute atomic E-state index is 5.40. The van der Waals surface area contributed by atoms with Crippen molar-refractivity contribution in [2.24, 2.45) is 10.4 Å². The first-order chi connectivity index (χ1) is 10.2. The summed E-state index contributed by atoms with van der Waals surface area (Å²) in [6, 6.07) is 6.01. The van der Waals surface area contributed by atoms with Crippen molar-refractivity contribution in [1.82, 2.24) is 5.32 Å². The molecule has 0 atom stereocenters. The van der Waals surface area contributed by atoms with Crippen LogP contribution in [0.3, 0.4) is 0 Å². The molecule has 5 heteroatoms. The minimum absolute atomic E-state index is 0.0531. The Kier molecular flexibility index (Phi) is 3.84. The van der Waals surface area contributed by atoms with Crippen molar-refractivity contribution in [3.8, 4) is 11.5 Å². The number of rotatable bonds is 5. The number of hydrogen-bond acceptors (Lipinski definition) is 5. The van der Waals surface area contributed by atoms with Gasteiger partial charge >= 0.3 is 0 Å². The van der Waals surface area contributed by atoms with Crippen molar-refractivity contribution in [2.75, 3.05) is 27.1 Å². The topological polar surface area (TPSA) is 52.1 Å². The molecule has 2 aliphatic rings. The second-order valence-electron chi connectivity index (χ2n) is 5.58. The number of aliphatic imine (C=N–C) groups is 1. The van der Waals surface area contributed by atoms with Gasteiger partial charge in [0.1, 0.15) is 0 Å². The minimum atomic E-state index is 0.0531. The number of nitrogens with zero attached hydrogens (tertiary/aromatic N) is 1. The van der Waals surface area contributed by atoms with Gasteiger partial charge < -0.3 is 19.5 Å². The van der Waals surface area contributed by atoms with E-state index in [0.29, 0.717) is 6.79 Å². The Hall–Kier alpha value is -2.01. The van der Waals surface area contributed by atoms with E-state index < -0.39 is 0 Å². The van der Waals surface area contributed by atoms with Crippen LogP contribution >= 0.6 is 0 Å². The van der Waals surface area contributed by atoms with E-state index in [1.54, 1.807) is 7.05 Å². The van der Waals surface area contributed by atoms with E-state index in [0.717, 1.165) is 42.5 Å². The Morgan fingerprint density at radius 3 is 2.86 bits per heavy atom. The van der Waals surface area contributed by atoms with Crippen LogP contribution in [0.5, 0.6) is 11.5 Å². The van der Waals surface area contributed by atoms with Crippen LogP contribution in [0.15, 0.2) is 35.0 Å². The molecule has 5 nitrogen and oxygen atoms in total. The summed E-state index contributed by atoms with van der Waals surface area (Å²) in [5.41, 5.74) is 2.36. The zero-order valence-electron chi connectivity index (χ0n) is 12.4. The lowest BCUT2D eigenvalue weighted by atomic mass is 9.84. The summed E-state index contributed by atoms with van der Waals surface area (Å²) in [7, 11) is 1.77. The first kappa shape index (κ1) is 13.9. The highest BCUT2D eigenvalue weighted by Gasteiger charge is 2.37. The zero-order chi connectivity index (χ0) is 14.7. The summed E-state index contributed by atoms with van der Waals surface area (Å²) in [5.74, 6) is 1.63. The number of nitrogens with one attached hydrogen (secondary N) is 1. The molecular formula is C16H20N2O3. The highest BCUT2D eigenvalue weighted by Crippen LogP contribution is 2.35. The summed E-state index contributed by atoms with van der Waals surface area (Å²) in [6.45, 7) is 4.71. The van der Waals surface area contributed by atoms with Crippen LogP contribution in [0.1, 0.15) is 12.5 Å². The van der Waals surface area contributed by atoms with Crippen LogP contribution in [0.25, 0.3) is 0 Å². The van der Waals surface area contributed by atoms with Gasteiger partial charge in [-0.3, -0.25) is 4.99 Å². The highest BCUT2D eigenvalue weighted by atomic mass is 16.7. The first-order valence-corrected chi connectivity index (χ1v) is 7.04. The van der Waals surface area contributed by atoms with Crippen LogP contribution in [0.2, 0.25) is 0 Å². The Morgan fingerprint density at radius 1 is 1.33 bits per heavy atom. The van der Waals surface area contributed by atoms with Gasteiger partial charge in [0, 0.05) is 25.5 Å². The van der Waals surface area contributed by atoms with Crippen molar-refractivity contribution < 1.29 is 14.2 Å². The number of hydrogen-bond donors (Lipinski definition) is 1. The fourth-order valence-electron chi connectivity index (χ4n) is 2.43. The lowest BCUT2D eigenvalue weighted by Crippen LogP contribution is -2.45. The Labute approximate surface area is 124 Å². The molecule has 0 spiro atoms. The maximum Gasteiger partial charge on any atom is 0.231 e. The van der Waals surface area contributed by atoms with E-state index in [4.69, 9.17) is 14.2 Å².